The highest BCUT2D eigenvalue weighted by atomic mass is 35.5. The molecule has 1 aromatic carbocycles. The second kappa shape index (κ2) is 7.54. The molecule has 0 spiro atoms. The molecule has 5 rings (SSSR count). The van der Waals surface area contributed by atoms with Crippen molar-refractivity contribution >= 4 is 56.6 Å². The van der Waals surface area contributed by atoms with Crippen LogP contribution >= 0.6 is 23.1 Å². The maximum Gasteiger partial charge on any atom is 0.294 e. The minimum Gasteiger partial charge on any atom is -0.438 e. The summed E-state index contributed by atoms with van der Waals surface area (Å²) in [6.07, 6.45) is 5.73. The fourth-order valence-corrected chi connectivity index (χ4v) is 3.59. The molecular weight excluding hydrogens is 428 g/mol. The van der Waals surface area contributed by atoms with Crippen molar-refractivity contribution in [1.29, 1.82) is 0 Å². The molecule has 0 bridgehead atoms. The van der Waals surface area contributed by atoms with Crippen LogP contribution in [0.2, 0.25) is 5.02 Å². The fourth-order valence-electron chi connectivity index (χ4n) is 2.73. The number of anilines is 3. The molecule has 0 fully saturated rings. The Kier molecular flexibility index (Phi) is 4.58. The van der Waals surface area contributed by atoms with E-state index in [-0.39, 0.29) is 5.76 Å². The number of carbonyl (C=O) groups is 1. The number of nitrogens with zero attached hydrogens (tertiary/aromatic N) is 5. The number of fused-ring (bicyclic) bond motifs is 1. The summed E-state index contributed by atoms with van der Waals surface area (Å²) in [7, 11) is 0. The number of halogens is 1. The molecule has 10 nitrogen and oxygen atoms in total. The van der Waals surface area contributed by atoms with Gasteiger partial charge in [0.2, 0.25) is 10.9 Å². The molecule has 0 radical (unpaired) electrons. The molecule has 3 N–H and O–H groups in total. The summed E-state index contributed by atoms with van der Waals surface area (Å²) in [5.74, 6) is 0.467. The zero-order valence-electron chi connectivity index (χ0n) is 15.0. The van der Waals surface area contributed by atoms with Crippen molar-refractivity contribution < 1.29 is 9.21 Å². The first-order valence-electron chi connectivity index (χ1n) is 8.56. The SMILES string of the molecule is O=C(Nc1cc(-c2nsc(Nc3ccc4[nH]ncc4c3Cl)n2)ccn1)c1cnco1. The topological polar surface area (TPSA) is 135 Å². The second-order valence-electron chi connectivity index (χ2n) is 6.06. The quantitative estimate of drug-likeness (QED) is 0.373. The van der Waals surface area contributed by atoms with Gasteiger partial charge in [0.15, 0.2) is 12.2 Å². The van der Waals surface area contributed by atoms with Crippen LogP contribution in [-0.4, -0.2) is 35.4 Å². The second-order valence-corrected chi connectivity index (χ2v) is 7.19. The number of oxazole rings is 1. The van der Waals surface area contributed by atoms with Crippen molar-refractivity contribution in [2.45, 2.75) is 0 Å². The van der Waals surface area contributed by atoms with Gasteiger partial charge in [0.1, 0.15) is 5.82 Å². The molecule has 4 aromatic heterocycles. The largest absolute Gasteiger partial charge is 0.438 e. The van der Waals surface area contributed by atoms with Crippen LogP contribution in [0.15, 0.2) is 53.7 Å². The number of rotatable bonds is 5. The third-order valence-corrected chi connectivity index (χ3v) is 5.18. The number of aromatic amines is 1. The number of hydrogen-bond acceptors (Lipinski definition) is 9. The van der Waals surface area contributed by atoms with Gasteiger partial charge >= 0.3 is 0 Å². The van der Waals surface area contributed by atoms with Crippen LogP contribution in [0.25, 0.3) is 22.3 Å². The number of carbonyl (C=O) groups excluding carboxylic acids is 1. The smallest absolute Gasteiger partial charge is 0.294 e. The molecular formula is C18H11ClN8O2S. The zero-order chi connectivity index (χ0) is 20.5. The predicted molar refractivity (Wildman–Crippen MR) is 112 cm³/mol. The van der Waals surface area contributed by atoms with E-state index in [1.165, 1.54) is 24.1 Å². The standard InChI is InChI=1S/C18H11ClN8O2S/c19-15-10-6-22-26-11(10)1-2-12(15)23-18-25-16(27-30-18)9-3-4-21-14(5-9)24-17(28)13-7-20-8-29-13/h1-8H,(H,22,26)(H,21,24,28)(H,23,25,27). The number of pyridine rings is 1. The summed E-state index contributed by atoms with van der Waals surface area (Å²) < 4.78 is 9.35. The number of H-pyrrole nitrogens is 1. The first-order chi connectivity index (χ1) is 14.7. The molecule has 0 aliphatic heterocycles. The van der Waals surface area contributed by atoms with Gasteiger partial charge in [-0.05, 0) is 24.3 Å². The Labute approximate surface area is 177 Å². The Morgan fingerprint density at radius 1 is 1.23 bits per heavy atom. The van der Waals surface area contributed by atoms with Gasteiger partial charge in [-0.2, -0.15) is 14.5 Å². The van der Waals surface area contributed by atoms with Crippen LogP contribution in [0.3, 0.4) is 0 Å². The van der Waals surface area contributed by atoms with E-state index >= 15 is 0 Å². The van der Waals surface area contributed by atoms with E-state index in [9.17, 15) is 4.79 Å². The highest BCUT2D eigenvalue weighted by Gasteiger charge is 2.14. The molecule has 0 aliphatic carbocycles. The van der Waals surface area contributed by atoms with Gasteiger partial charge in [0.25, 0.3) is 5.91 Å². The lowest BCUT2D eigenvalue weighted by molar-refractivity contribution is 0.0996. The van der Waals surface area contributed by atoms with Gasteiger partial charge in [-0.25, -0.2) is 9.97 Å². The van der Waals surface area contributed by atoms with Crippen LogP contribution < -0.4 is 10.6 Å². The molecule has 5 aromatic rings. The van der Waals surface area contributed by atoms with Gasteiger partial charge in [-0.15, -0.1) is 0 Å². The van der Waals surface area contributed by atoms with E-state index in [1.807, 2.05) is 12.1 Å². The molecule has 4 heterocycles. The molecule has 1 amide bonds. The summed E-state index contributed by atoms with van der Waals surface area (Å²) in [6, 6.07) is 7.14. The number of benzene rings is 1. The highest BCUT2D eigenvalue weighted by molar-refractivity contribution is 7.10. The van der Waals surface area contributed by atoms with Crippen molar-refractivity contribution in [2.24, 2.45) is 0 Å². The van der Waals surface area contributed by atoms with E-state index < -0.39 is 5.91 Å². The monoisotopic (exact) mass is 438 g/mol. The number of hydrogen-bond donors (Lipinski definition) is 3. The third-order valence-electron chi connectivity index (χ3n) is 4.14. The summed E-state index contributed by atoms with van der Waals surface area (Å²) in [5, 5.41) is 14.6. The average Bonchev–Trinajstić information content (AvgIpc) is 3.52. The summed E-state index contributed by atoms with van der Waals surface area (Å²) in [4.78, 5) is 24.4. The minimum absolute atomic E-state index is 0.0898. The van der Waals surface area contributed by atoms with Crippen molar-refractivity contribution in [3.63, 3.8) is 0 Å². The minimum atomic E-state index is -0.449. The van der Waals surface area contributed by atoms with Gasteiger partial charge in [0.05, 0.1) is 28.6 Å². The Morgan fingerprint density at radius 3 is 3.03 bits per heavy atom. The average molecular weight is 439 g/mol. The number of nitrogens with one attached hydrogen (secondary N) is 3. The first kappa shape index (κ1) is 18.2. The lowest BCUT2D eigenvalue weighted by Crippen LogP contribution is -2.12. The number of aromatic nitrogens is 6. The third kappa shape index (κ3) is 3.47. The van der Waals surface area contributed by atoms with Crippen molar-refractivity contribution in [2.75, 3.05) is 10.6 Å². The predicted octanol–water partition coefficient (Wildman–Crippen LogP) is 4.11. The fraction of sp³-hybridized carbons (Fsp3) is 0. The zero-order valence-corrected chi connectivity index (χ0v) is 16.5. The molecule has 0 saturated carbocycles. The molecule has 0 unspecified atom stereocenters. The van der Waals surface area contributed by atoms with Crippen LogP contribution in [0.5, 0.6) is 0 Å². The summed E-state index contributed by atoms with van der Waals surface area (Å²) in [6.45, 7) is 0. The molecule has 12 heteroatoms. The van der Waals surface area contributed by atoms with Crippen LogP contribution in [0.1, 0.15) is 10.6 Å². The molecule has 148 valence electrons. The van der Waals surface area contributed by atoms with E-state index in [4.69, 9.17) is 16.0 Å². The van der Waals surface area contributed by atoms with Crippen LogP contribution in [0, 0.1) is 0 Å². The van der Waals surface area contributed by atoms with E-state index in [0.29, 0.717) is 33.0 Å². The maximum absolute atomic E-state index is 12.1. The van der Waals surface area contributed by atoms with E-state index in [0.717, 1.165) is 10.9 Å². The van der Waals surface area contributed by atoms with Crippen LogP contribution in [-0.2, 0) is 0 Å². The Morgan fingerprint density at radius 2 is 2.17 bits per heavy atom. The number of amides is 1. The lowest BCUT2D eigenvalue weighted by atomic mass is 10.2. The van der Waals surface area contributed by atoms with Crippen LogP contribution in [0.4, 0.5) is 16.6 Å². The Balaban J connectivity index is 1.36. The van der Waals surface area contributed by atoms with E-state index in [2.05, 4.69) is 40.2 Å². The summed E-state index contributed by atoms with van der Waals surface area (Å²) >= 11 is 7.63. The van der Waals surface area contributed by atoms with Crippen molar-refractivity contribution in [3.05, 3.63) is 60.0 Å². The van der Waals surface area contributed by atoms with Crippen molar-refractivity contribution in [3.8, 4) is 11.4 Å². The van der Waals surface area contributed by atoms with Gasteiger partial charge < -0.3 is 15.1 Å². The molecule has 30 heavy (non-hydrogen) atoms. The normalized spacial score (nSPS) is 11.0. The molecule has 0 aliphatic rings. The maximum atomic E-state index is 12.1. The van der Waals surface area contributed by atoms with Gasteiger partial charge in [-0.3, -0.25) is 9.89 Å². The van der Waals surface area contributed by atoms with Gasteiger partial charge in [0, 0.05) is 28.7 Å². The first-order valence-corrected chi connectivity index (χ1v) is 9.71. The molecule has 0 atom stereocenters. The summed E-state index contributed by atoms with van der Waals surface area (Å²) in [5.41, 5.74) is 2.24. The molecule has 0 saturated heterocycles. The highest BCUT2D eigenvalue weighted by Crippen LogP contribution is 2.33. The van der Waals surface area contributed by atoms with E-state index in [1.54, 1.807) is 24.5 Å². The Hall–Kier alpha value is -3.83. The lowest BCUT2D eigenvalue weighted by Gasteiger charge is -2.05. The van der Waals surface area contributed by atoms with Crippen molar-refractivity contribution in [1.82, 2.24) is 29.5 Å². The van der Waals surface area contributed by atoms with Gasteiger partial charge in [-0.1, -0.05) is 11.6 Å². The Bertz CT molecular complexity index is 1350.